The number of fused-ring (bicyclic) bond motifs is 7. The van der Waals surface area contributed by atoms with Gasteiger partial charge in [-0.05, 0) is 45.0 Å². The highest BCUT2D eigenvalue weighted by molar-refractivity contribution is 7.99. The number of aromatic nitrogens is 2. The first kappa shape index (κ1) is 20.4. The van der Waals surface area contributed by atoms with E-state index >= 15 is 0 Å². The van der Waals surface area contributed by atoms with Gasteiger partial charge in [0.25, 0.3) is 0 Å². The maximum atomic E-state index is 13.5. The maximum absolute atomic E-state index is 13.5. The van der Waals surface area contributed by atoms with Crippen LogP contribution >= 0.6 is 11.8 Å². The van der Waals surface area contributed by atoms with Crippen LogP contribution < -0.4 is 15.1 Å². The van der Waals surface area contributed by atoms with Crippen molar-refractivity contribution in [2.45, 2.75) is 37.3 Å². The van der Waals surface area contributed by atoms with E-state index < -0.39 is 5.60 Å². The minimum atomic E-state index is -0.479. The molecule has 0 amide bonds. The molecule has 0 aliphatic carbocycles. The third-order valence-corrected chi connectivity index (χ3v) is 8.04. The smallest absolute Gasteiger partial charge is 0.344 e. The number of rotatable bonds is 2. The lowest BCUT2D eigenvalue weighted by Crippen LogP contribution is -2.49. The third-order valence-electron chi connectivity index (χ3n) is 6.85. The average molecular weight is 461 g/mol. The molecule has 2 atom stereocenters. The van der Waals surface area contributed by atoms with Crippen molar-refractivity contribution in [1.29, 1.82) is 0 Å². The molecule has 0 bridgehead atoms. The van der Waals surface area contributed by atoms with Crippen molar-refractivity contribution in [2.24, 2.45) is 5.92 Å². The van der Waals surface area contributed by atoms with Gasteiger partial charge in [-0.25, -0.2) is 9.48 Å². The summed E-state index contributed by atoms with van der Waals surface area (Å²) in [7, 11) is 1.57. The van der Waals surface area contributed by atoms with E-state index in [4.69, 9.17) is 19.0 Å². The predicted molar refractivity (Wildman–Crippen MR) is 128 cm³/mol. The van der Waals surface area contributed by atoms with Gasteiger partial charge < -0.3 is 13.9 Å². The van der Waals surface area contributed by atoms with E-state index in [9.17, 15) is 4.79 Å². The number of para-hydroxylation sites is 2. The molecule has 0 radical (unpaired) electrons. The Balaban J connectivity index is 1.65. The van der Waals surface area contributed by atoms with Gasteiger partial charge in [0, 0.05) is 23.2 Å². The fourth-order valence-corrected chi connectivity index (χ4v) is 6.87. The van der Waals surface area contributed by atoms with Gasteiger partial charge in [0.1, 0.15) is 16.4 Å². The maximum Gasteiger partial charge on any atom is 0.344 e. The van der Waals surface area contributed by atoms with E-state index in [1.807, 2.05) is 41.9 Å². The quantitative estimate of drug-likeness (QED) is 0.377. The van der Waals surface area contributed by atoms with Crippen molar-refractivity contribution >= 4 is 22.7 Å². The Kier molecular flexibility index (Phi) is 4.43. The van der Waals surface area contributed by atoms with E-state index in [-0.39, 0.29) is 17.5 Å². The van der Waals surface area contributed by atoms with Crippen molar-refractivity contribution in [3.05, 3.63) is 75.8 Å². The highest BCUT2D eigenvalue weighted by Gasteiger charge is 2.51. The Morgan fingerprint density at radius 3 is 2.67 bits per heavy atom. The number of benzene rings is 2. The van der Waals surface area contributed by atoms with Gasteiger partial charge in [-0.1, -0.05) is 24.3 Å². The standard InChI is InChI=1S/C26H24N2O4S/c1-14-19-20-17(13-33-24(19)28(27-14)15-9-6-5-7-10-15)26(2,3)32-23-16-11-8-12-18(30-4)22(16)31-25(29)21(20)23/h5-12,17,20H,13H2,1-4H3/t17-,20-/m0/s1. The summed E-state index contributed by atoms with van der Waals surface area (Å²) in [4.78, 5) is 13.5. The highest BCUT2D eigenvalue weighted by Crippen LogP contribution is 2.56. The molecule has 4 aromatic rings. The van der Waals surface area contributed by atoms with Crippen LogP contribution in [0.5, 0.6) is 11.5 Å². The zero-order valence-electron chi connectivity index (χ0n) is 18.9. The Morgan fingerprint density at radius 1 is 1.12 bits per heavy atom. The lowest BCUT2D eigenvalue weighted by Gasteiger charge is -2.46. The summed E-state index contributed by atoms with van der Waals surface area (Å²) in [5, 5.41) is 6.73. The summed E-state index contributed by atoms with van der Waals surface area (Å²) in [6, 6.07) is 15.7. The van der Waals surface area contributed by atoms with E-state index in [2.05, 4.69) is 26.0 Å². The van der Waals surface area contributed by atoms with Crippen molar-refractivity contribution in [3.63, 3.8) is 0 Å². The van der Waals surface area contributed by atoms with Crippen molar-refractivity contribution in [3.8, 4) is 17.2 Å². The first-order chi connectivity index (χ1) is 15.9. The summed E-state index contributed by atoms with van der Waals surface area (Å²) in [6.45, 7) is 6.24. The molecule has 0 saturated heterocycles. The summed E-state index contributed by atoms with van der Waals surface area (Å²) in [6.07, 6.45) is 0. The highest BCUT2D eigenvalue weighted by atomic mass is 32.2. The molecular formula is C26H24N2O4S. The van der Waals surface area contributed by atoms with Crippen LogP contribution in [0.1, 0.15) is 36.6 Å². The monoisotopic (exact) mass is 460 g/mol. The van der Waals surface area contributed by atoms with Crippen LogP contribution in [0.2, 0.25) is 0 Å². The summed E-state index contributed by atoms with van der Waals surface area (Å²) in [5.41, 5.74) is 3.16. The van der Waals surface area contributed by atoms with Gasteiger partial charge in [-0.15, -0.1) is 11.8 Å². The third kappa shape index (κ3) is 2.88. The van der Waals surface area contributed by atoms with E-state index in [1.54, 1.807) is 24.9 Å². The summed E-state index contributed by atoms with van der Waals surface area (Å²) in [5.74, 6) is 1.86. The van der Waals surface area contributed by atoms with Gasteiger partial charge >= 0.3 is 5.63 Å². The van der Waals surface area contributed by atoms with Crippen LogP contribution in [0, 0.1) is 12.8 Å². The SMILES string of the molecule is COc1cccc2c3c(c(=O)oc12)[C@@H]1c2c(C)nn(-c4ccccc4)c2SC[C@@H]1C(C)(C)O3. The van der Waals surface area contributed by atoms with E-state index in [0.717, 1.165) is 33.1 Å². The average Bonchev–Trinajstić information content (AvgIpc) is 3.15. The largest absolute Gasteiger partial charge is 0.493 e. The molecular weight excluding hydrogens is 436 g/mol. The molecule has 0 unspecified atom stereocenters. The number of hydrogen-bond acceptors (Lipinski definition) is 6. The molecule has 2 aromatic heterocycles. The number of methoxy groups -OCH3 is 1. The second-order valence-electron chi connectivity index (χ2n) is 9.12. The predicted octanol–water partition coefficient (Wildman–Crippen LogP) is 5.32. The second kappa shape index (κ2) is 7.15. The Labute approximate surface area is 195 Å². The van der Waals surface area contributed by atoms with Crippen LogP contribution in [-0.4, -0.2) is 28.2 Å². The molecule has 6 nitrogen and oxygen atoms in total. The first-order valence-corrected chi connectivity index (χ1v) is 12.0. The summed E-state index contributed by atoms with van der Waals surface area (Å²) < 4.78 is 19.9. The zero-order chi connectivity index (χ0) is 22.9. The number of hydrogen-bond donors (Lipinski definition) is 0. The topological polar surface area (TPSA) is 66.5 Å². The van der Waals surface area contributed by atoms with Crippen LogP contribution in [0.3, 0.4) is 0 Å². The van der Waals surface area contributed by atoms with Crippen molar-refractivity contribution in [2.75, 3.05) is 12.9 Å². The molecule has 0 fully saturated rings. The van der Waals surface area contributed by atoms with Crippen LogP contribution in [0.15, 0.2) is 62.8 Å². The van der Waals surface area contributed by atoms with Crippen LogP contribution in [-0.2, 0) is 0 Å². The van der Waals surface area contributed by atoms with Gasteiger partial charge in [0.2, 0.25) is 0 Å². The van der Waals surface area contributed by atoms with Gasteiger partial charge in [-0.2, -0.15) is 5.10 Å². The van der Waals surface area contributed by atoms with Crippen LogP contribution in [0.4, 0.5) is 0 Å². The number of aryl methyl sites for hydroxylation is 1. The van der Waals surface area contributed by atoms with Gasteiger partial charge in [-0.3, -0.25) is 0 Å². The fraction of sp³-hybridized carbons (Fsp3) is 0.308. The Hall–Kier alpha value is -3.19. The molecule has 2 aromatic carbocycles. The van der Waals surface area contributed by atoms with Crippen molar-refractivity contribution in [1.82, 2.24) is 9.78 Å². The molecule has 0 saturated carbocycles. The first-order valence-electron chi connectivity index (χ1n) is 11.0. The molecule has 0 spiro atoms. The Morgan fingerprint density at radius 2 is 1.91 bits per heavy atom. The minimum absolute atomic E-state index is 0.0978. The molecule has 7 heteroatoms. The number of nitrogens with zero attached hydrogens (tertiary/aromatic N) is 2. The van der Waals surface area contributed by atoms with Gasteiger partial charge in [0.15, 0.2) is 11.3 Å². The Bertz CT molecular complexity index is 1450. The van der Waals surface area contributed by atoms with Crippen molar-refractivity contribution < 1.29 is 13.9 Å². The van der Waals surface area contributed by atoms with Crippen LogP contribution in [0.25, 0.3) is 16.7 Å². The number of thioether (sulfide) groups is 1. The lowest BCUT2D eigenvalue weighted by atomic mass is 9.72. The minimum Gasteiger partial charge on any atom is -0.493 e. The molecule has 168 valence electrons. The lowest BCUT2D eigenvalue weighted by molar-refractivity contribution is 0.0267. The zero-order valence-corrected chi connectivity index (χ0v) is 19.7. The summed E-state index contributed by atoms with van der Waals surface area (Å²) >= 11 is 1.78. The van der Waals surface area contributed by atoms with Gasteiger partial charge in [0.05, 0.1) is 29.4 Å². The molecule has 0 N–H and O–H groups in total. The molecule has 4 heterocycles. The van der Waals surface area contributed by atoms with E-state index in [0.29, 0.717) is 22.6 Å². The normalized spacial score (nSPS) is 20.5. The number of ether oxygens (including phenoxy) is 2. The second-order valence-corrected chi connectivity index (χ2v) is 10.1. The molecule has 2 aliphatic rings. The fourth-order valence-electron chi connectivity index (χ4n) is 5.24. The van der Waals surface area contributed by atoms with E-state index in [1.165, 1.54) is 0 Å². The molecule has 33 heavy (non-hydrogen) atoms. The molecule has 2 aliphatic heterocycles. The molecule has 6 rings (SSSR count).